The third kappa shape index (κ3) is 3.98. The predicted octanol–water partition coefficient (Wildman–Crippen LogP) is 1.18. The van der Waals surface area contributed by atoms with E-state index >= 15 is 0 Å². The van der Waals surface area contributed by atoms with Gasteiger partial charge >= 0.3 is 5.97 Å². The molecule has 104 valence electrons. The maximum Gasteiger partial charge on any atom is 0.304 e. The van der Waals surface area contributed by atoms with Crippen LogP contribution in [0.1, 0.15) is 40.0 Å². The Kier molecular flexibility index (Phi) is 5.59. The normalized spacial score (nSPS) is 16.7. The molecule has 1 rings (SSSR count). The molecule has 0 saturated heterocycles. The molecule has 18 heavy (non-hydrogen) atoms. The second-order valence-electron chi connectivity index (χ2n) is 4.80. The third-order valence-corrected chi connectivity index (χ3v) is 3.53. The summed E-state index contributed by atoms with van der Waals surface area (Å²) < 4.78 is 0. The summed E-state index contributed by atoms with van der Waals surface area (Å²) in [4.78, 5) is 26.8. The molecule has 1 aliphatic rings. The van der Waals surface area contributed by atoms with Gasteiger partial charge in [-0.05, 0) is 33.6 Å². The molecule has 1 N–H and O–H groups in total. The lowest BCUT2D eigenvalue weighted by molar-refractivity contribution is -0.140. The van der Waals surface area contributed by atoms with Crippen LogP contribution in [0.3, 0.4) is 0 Å². The van der Waals surface area contributed by atoms with Crippen LogP contribution in [-0.4, -0.2) is 58.5 Å². The number of likely N-dealkylation sites (N-methyl/N-ethyl adjacent to an activating group) is 1. The van der Waals surface area contributed by atoms with E-state index in [1.807, 2.05) is 20.8 Å². The lowest BCUT2D eigenvalue weighted by Gasteiger charge is -2.31. The molecule has 0 radical (unpaired) electrons. The molecule has 1 atom stereocenters. The van der Waals surface area contributed by atoms with Gasteiger partial charge in [0, 0.05) is 25.7 Å². The molecule has 0 aliphatic heterocycles. The van der Waals surface area contributed by atoms with Gasteiger partial charge in [-0.1, -0.05) is 0 Å². The molecule has 0 aromatic heterocycles. The smallest absolute Gasteiger partial charge is 0.304 e. The van der Waals surface area contributed by atoms with Gasteiger partial charge in [-0.15, -0.1) is 0 Å². The highest BCUT2D eigenvalue weighted by molar-refractivity contribution is 5.81. The van der Waals surface area contributed by atoms with Crippen molar-refractivity contribution in [3.8, 4) is 0 Å². The van der Waals surface area contributed by atoms with Crippen LogP contribution in [0, 0.1) is 0 Å². The molecule has 1 unspecified atom stereocenters. The summed E-state index contributed by atoms with van der Waals surface area (Å²) >= 11 is 0. The zero-order chi connectivity index (χ0) is 13.7. The van der Waals surface area contributed by atoms with Crippen LogP contribution in [0.5, 0.6) is 0 Å². The van der Waals surface area contributed by atoms with Crippen LogP contribution in [0.25, 0.3) is 0 Å². The minimum Gasteiger partial charge on any atom is -0.481 e. The van der Waals surface area contributed by atoms with Crippen molar-refractivity contribution in [1.82, 2.24) is 9.80 Å². The Hall–Kier alpha value is -1.10. The van der Waals surface area contributed by atoms with E-state index < -0.39 is 5.97 Å². The average molecular weight is 256 g/mol. The van der Waals surface area contributed by atoms with E-state index in [9.17, 15) is 9.59 Å². The van der Waals surface area contributed by atoms with Gasteiger partial charge < -0.3 is 10.0 Å². The first-order valence-electron chi connectivity index (χ1n) is 6.77. The van der Waals surface area contributed by atoms with E-state index in [-0.39, 0.29) is 18.4 Å². The number of amides is 1. The minimum absolute atomic E-state index is 0.104. The molecular weight excluding hydrogens is 232 g/mol. The quantitative estimate of drug-likeness (QED) is 0.708. The SMILES string of the molecule is CCN(CC)C(=O)C(C)N(CCC(=O)O)C1CC1. The number of carboxylic acids is 1. The fourth-order valence-electron chi connectivity index (χ4n) is 2.26. The Morgan fingerprint density at radius 3 is 2.22 bits per heavy atom. The van der Waals surface area contributed by atoms with Gasteiger partial charge in [0.15, 0.2) is 0 Å². The van der Waals surface area contributed by atoms with Gasteiger partial charge in [0.1, 0.15) is 0 Å². The van der Waals surface area contributed by atoms with E-state index in [0.29, 0.717) is 25.7 Å². The second-order valence-corrected chi connectivity index (χ2v) is 4.80. The molecule has 5 nitrogen and oxygen atoms in total. The Labute approximate surface area is 109 Å². The largest absolute Gasteiger partial charge is 0.481 e. The van der Waals surface area contributed by atoms with E-state index in [0.717, 1.165) is 12.8 Å². The first-order valence-corrected chi connectivity index (χ1v) is 6.77. The van der Waals surface area contributed by atoms with Crippen LogP contribution in [-0.2, 0) is 9.59 Å². The van der Waals surface area contributed by atoms with Gasteiger partial charge in [0.25, 0.3) is 0 Å². The molecule has 1 fully saturated rings. The van der Waals surface area contributed by atoms with Crippen LogP contribution >= 0.6 is 0 Å². The highest BCUT2D eigenvalue weighted by atomic mass is 16.4. The van der Waals surface area contributed by atoms with E-state index in [4.69, 9.17) is 5.11 Å². The Balaban J connectivity index is 2.60. The van der Waals surface area contributed by atoms with Crippen molar-refractivity contribution < 1.29 is 14.7 Å². The average Bonchev–Trinajstić information content (AvgIpc) is 3.14. The van der Waals surface area contributed by atoms with Crippen molar-refractivity contribution in [3.05, 3.63) is 0 Å². The molecule has 0 spiro atoms. The van der Waals surface area contributed by atoms with Crippen LogP contribution in [0.15, 0.2) is 0 Å². The minimum atomic E-state index is -0.803. The summed E-state index contributed by atoms with van der Waals surface area (Å²) in [5, 5.41) is 8.76. The molecule has 0 aromatic carbocycles. The van der Waals surface area contributed by atoms with Gasteiger partial charge in [-0.3, -0.25) is 14.5 Å². The maximum atomic E-state index is 12.3. The van der Waals surface area contributed by atoms with Crippen LogP contribution < -0.4 is 0 Å². The Morgan fingerprint density at radius 2 is 1.83 bits per heavy atom. The number of nitrogens with zero attached hydrogens (tertiary/aromatic N) is 2. The first-order chi connectivity index (χ1) is 8.51. The zero-order valence-electron chi connectivity index (χ0n) is 11.6. The van der Waals surface area contributed by atoms with Crippen molar-refractivity contribution in [2.75, 3.05) is 19.6 Å². The highest BCUT2D eigenvalue weighted by Gasteiger charge is 2.35. The second kappa shape index (κ2) is 6.73. The molecule has 5 heteroatoms. The molecule has 1 amide bonds. The van der Waals surface area contributed by atoms with Gasteiger partial charge in [0.05, 0.1) is 12.5 Å². The molecular formula is C13H24N2O3. The van der Waals surface area contributed by atoms with E-state index in [1.165, 1.54) is 0 Å². The summed E-state index contributed by atoms with van der Waals surface area (Å²) in [5.74, 6) is -0.694. The number of carboxylic acid groups (broad SMARTS) is 1. The monoisotopic (exact) mass is 256 g/mol. The summed E-state index contributed by atoms with van der Waals surface area (Å²) in [5.41, 5.74) is 0. The van der Waals surface area contributed by atoms with Gasteiger partial charge in [-0.25, -0.2) is 0 Å². The number of rotatable bonds is 8. The Bertz CT molecular complexity index is 299. The Morgan fingerprint density at radius 1 is 1.28 bits per heavy atom. The highest BCUT2D eigenvalue weighted by Crippen LogP contribution is 2.29. The van der Waals surface area contributed by atoms with E-state index in [2.05, 4.69) is 4.90 Å². The van der Waals surface area contributed by atoms with Gasteiger partial charge in [0.2, 0.25) is 5.91 Å². The summed E-state index contributed by atoms with van der Waals surface area (Å²) in [7, 11) is 0. The number of aliphatic carboxylic acids is 1. The predicted molar refractivity (Wildman–Crippen MR) is 69.4 cm³/mol. The zero-order valence-corrected chi connectivity index (χ0v) is 11.6. The molecule has 1 aliphatic carbocycles. The van der Waals surface area contributed by atoms with Crippen molar-refractivity contribution in [3.63, 3.8) is 0 Å². The fraction of sp³-hybridized carbons (Fsp3) is 0.846. The summed E-state index contributed by atoms with van der Waals surface area (Å²) in [6, 6.07) is 0.190. The first kappa shape index (κ1) is 15.0. The molecule has 0 aromatic rings. The molecule has 0 heterocycles. The molecule has 0 bridgehead atoms. The van der Waals surface area contributed by atoms with Crippen LogP contribution in [0.4, 0.5) is 0 Å². The van der Waals surface area contributed by atoms with E-state index in [1.54, 1.807) is 4.90 Å². The maximum absolute atomic E-state index is 12.3. The van der Waals surface area contributed by atoms with Crippen molar-refractivity contribution in [1.29, 1.82) is 0 Å². The van der Waals surface area contributed by atoms with Crippen LogP contribution in [0.2, 0.25) is 0 Å². The number of hydrogen-bond acceptors (Lipinski definition) is 3. The topological polar surface area (TPSA) is 60.9 Å². The standard InChI is InChI=1S/C13H24N2O3/c1-4-14(5-2)13(18)10(3)15(11-6-7-11)9-8-12(16)17/h10-11H,4-9H2,1-3H3,(H,16,17). The van der Waals surface area contributed by atoms with Crippen molar-refractivity contribution >= 4 is 11.9 Å². The lowest BCUT2D eigenvalue weighted by atomic mass is 10.2. The fourth-order valence-corrected chi connectivity index (χ4v) is 2.26. The third-order valence-electron chi connectivity index (χ3n) is 3.53. The number of hydrogen-bond donors (Lipinski definition) is 1. The van der Waals surface area contributed by atoms with Crippen molar-refractivity contribution in [2.45, 2.75) is 52.1 Å². The number of carbonyl (C=O) groups is 2. The van der Waals surface area contributed by atoms with Crippen molar-refractivity contribution in [2.24, 2.45) is 0 Å². The summed E-state index contributed by atoms with van der Waals surface area (Å²) in [6.45, 7) is 7.70. The number of carbonyl (C=O) groups excluding carboxylic acids is 1. The summed E-state index contributed by atoms with van der Waals surface area (Å²) in [6.07, 6.45) is 2.26. The lowest BCUT2D eigenvalue weighted by Crippen LogP contribution is -2.48. The van der Waals surface area contributed by atoms with Gasteiger partial charge in [-0.2, -0.15) is 0 Å². The molecule has 1 saturated carbocycles.